The first-order valence-corrected chi connectivity index (χ1v) is 12.0. The normalized spacial score (nSPS) is 16.5. The molecule has 0 bridgehead atoms. The first-order chi connectivity index (χ1) is 17.8. The number of rotatable bonds is 8. The van der Waals surface area contributed by atoms with Gasteiger partial charge in [0.2, 0.25) is 0 Å². The molecule has 37 heavy (non-hydrogen) atoms. The zero-order valence-corrected chi connectivity index (χ0v) is 21.2. The number of methoxy groups -OCH3 is 2. The first kappa shape index (κ1) is 25.6. The van der Waals surface area contributed by atoms with E-state index in [1.807, 2.05) is 0 Å². The number of esters is 1. The number of carbonyl (C=O) groups is 3. The van der Waals surface area contributed by atoms with Crippen LogP contribution in [0.2, 0.25) is 0 Å². The summed E-state index contributed by atoms with van der Waals surface area (Å²) < 4.78 is 15.6. The molecule has 4 rings (SSSR count). The second kappa shape index (κ2) is 10.7. The summed E-state index contributed by atoms with van der Waals surface area (Å²) in [6.07, 6.45) is 1.44. The number of anilines is 1. The van der Waals surface area contributed by atoms with E-state index in [2.05, 4.69) is 11.6 Å². The molecule has 1 fully saturated rings. The number of hydrogen-bond acceptors (Lipinski definition) is 9. The van der Waals surface area contributed by atoms with Gasteiger partial charge in [-0.25, -0.2) is 9.78 Å². The Kier molecular flexibility index (Phi) is 7.40. The Bertz CT molecular complexity index is 1410. The fourth-order valence-electron chi connectivity index (χ4n) is 3.93. The Labute approximate surface area is 217 Å². The number of ketones is 1. The van der Waals surface area contributed by atoms with Crippen molar-refractivity contribution in [1.82, 2.24) is 4.98 Å². The van der Waals surface area contributed by atoms with Crippen LogP contribution in [0.4, 0.5) is 5.13 Å². The zero-order valence-electron chi connectivity index (χ0n) is 20.4. The van der Waals surface area contributed by atoms with E-state index in [1.165, 1.54) is 25.2 Å². The summed E-state index contributed by atoms with van der Waals surface area (Å²) in [5.41, 5.74) is 1.07. The van der Waals surface area contributed by atoms with Crippen molar-refractivity contribution in [1.29, 1.82) is 0 Å². The molecule has 0 spiro atoms. The van der Waals surface area contributed by atoms with Crippen LogP contribution in [0.25, 0.3) is 5.76 Å². The molecule has 1 unspecified atom stereocenters. The molecule has 1 N–H and O–H groups in total. The molecule has 10 heteroatoms. The van der Waals surface area contributed by atoms with E-state index in [1.54, 1.807) is 55.5 Å². The van der Waals surface area contributed by atoms with Crippen molar-refractivity contribution in [3.63, 3.8) is 0 Å². The predicted octanol–water partition coefficient (Wildman–Crippen LogP) is 4.44. The van der Waals surface area contributed by atoms with E-state index in [0.717, 1.165) is 11.3 Å². The highest BCUT2D eigenvalue weighted by molar-refractivity contribution is 7.17. The molecule has 2 aromatic carbocycles. The Morgan fingerprint density at radius 1 is 1.14 bits per heavy atom. The Balaban J connectivity index is 1.89. The van der Waals surface area contributed by atoms with Crippen LogP contribution in [-0.2, 0) is 14.3 Å². The van der Waals surface area contributed by atoms with Crippen LogP contribution in [0.3, 0.4) is 0 Å². The van der Waals surface area contributed by atoms with Crippen LogP contribution < -0.4 is 14.4 Å². The summed E-state index contributed by atoms with van der Waals surface area (Å²) in [7, 11) is 3.01. The largest absolute Gasteiger partial charge is 0.507 e. The standard InChI is InChI=1S/C27H24N2O7S/c1-5-13-36-26(33)24-15(2)28-27(37-24)29-21(16-9-11-18(34-3)12-10-16)20(23(31)25(29)32)22(30)17-7-6-8-19(14-17)35-4/h5-12,14,21,30H,1,13H2,2-4H3/b22-20+. The molecule has 1 aliphatic heterocycles. The molecule has 1 saturated heterocycles. The van der Waals surface area contributed by atoms with Gasteiger partial charge in [-0.05, 0) is 36.8 Å². The van der Waals surface area contributed by atoms with Gasteiger partial charge in [0.15, 0.2) is 5.13 Å². The summed E-state index contributed by atoms with van der Waals surface area (Å²) in [5, 5.41) is 11.4. The lowest BCUT2D eigenvalue weighted by Crippen LogP contribution is -2.29. The molecular weight excluding hydrogens is 496 g/mol. The van der Waals surface area contributed by atoms with Gasteiger partial charge in [0.25, 0.3) is 5.78 Å². The van der Waals surface area contributed by atoms with E-state index < -0.39 is 23.7 Å². The highest BCUT2D eigenvalue weighted by Crippen LogP contribution is 2.44. The summed E-state index contributed by atoms with van der Waals surface area (Å²) in [6.45, 7) is 5.15. The zero-order chi connectivity index (χ0) is 26.7. The van der Waals surface area contributed by atoms with Crippen LogP contribution in [0.1, 0.15) is 32.5 Å². The monoisotopic (exact) mass is 520 g/mol. The molecule has 9 nitrogen and oxygen atoms in total. The average molecular weight is 521 g/mol. The average Bonchev–Trinajstić information content (AvgIpc) is 3.43. The molecule has 2 heterocycles. The number of aryl methyl sites for hydroxylation is 1. The van der Waals surface area contributed by atoms with E-state index in [4.69, 9.17) is 14.2 Å². The summed E-state index contributed by atoms with van der Waals surface area (Å²) in [6, 6.07) is 12.3. The van der Waals surface area contributed by atoms with Crippen molar-refractivity contribution in [3.8, 4) is 11.5 Å². The van der Waals surface area contributed by atoms with E-state index in [-0.39, 0.29) is 27.9 Å². The molecule has 1 atom stereocenters. The quantitative estimate of drug-likeness (QED) is 0.152. The number of carbonyl (C=O) groups excluding carboxylic acids is 3. The van der Waals surface area contributed by atoms with E-state index in [0.29, 0.717) is 28.3 Å². The third kappa shape index (κ3) is 4.83. The minimum atomic E-state index is -1.01. The minimum Gasteiger partial charge on any atom is -0.507 e. The first-order valence-electron chi connectivity index (χ1n) is 11.2. The van der Waals surface area contributed by atoms with Gasteiger partial charge in [0, 0.05) is 5.56 Å². The molecule has 3 aromatic rings. The van der Waals surface area contributed by atoms with Gasteiger partial charge in [-0.2, -0.15) is 0 Å². The smallest absolute Gasteiger partial charge is 0.350 e. The van der Waals surface area contributed by atoms with E-state index >= 15 is 0 Å². The maximum atomic E-state index is 13.4. The maximum Gasteiger partial charge on any atom is 0.350 e. The summed E-state index contributed by atoms with van der Waals surface area (Å²) >= 11 is 0.927. The van der Waals surface area contributed by atoms with Crippen molar-refractivity contribution >= 4 is 39.9 Å². The molecule has 0 saturated carbocycles. The number of aliphatic hydroxyl groups excluding tert-OH is 1. The number of amides is 1. The lowest BCUT2D eigenvalue weighted by Gasteiger charge is -2.23. The number of ether oxygens (including phenoxy) is 3. The summed E-state index contributed by atoms with van der Waals surface area (Å²) in [5.74, 6) is -1.70. The second-order valence-electron chi connectivity index (χ2n) is 7.97. The third-order valence-corrected chi connectivity index (χ3v) is 6.86. The highest BCUT2D eigenvalue weighted by Gasteiger charge is 2.48. The molecular formula is C27H24N2O7S. The van der Waals surface area contributed by atoms with Gasteiger partial charge in [-0.15, -0.1) is 0 Å². The molecule has 1 aliphatic rings. The Hall–Kier alpha value is -4.44. The lowest BCUT2D eigenvalue weighted by atomic mass is 9.95. The minimum absolute atomic E-state index is 0.0163. The number of benzene rings is 2. The van der Waals surface area contributed by atoms with Gasteiger partial charge in [-0.1, -0.05) is 48.3 Å². The van der Waals surface area contributed by atoms with Crippen molar-refractivity contribution in [3.05, 3.63) is 88.5 Å². The number of aliphatic hydroxyl groups is 1. The van der Waals surface area contributed by atoms with Crippen molar-refractivity contribution in [2.45, 2.75) is 13.0 Å². The number of Topliss-reactive ketones (excluding diaryl/α,β-unsaturated/α-hetero) is 1. The van der Waals surface area contributed by atoms with Crippen molar-refractivity contribution in [2.75, 3.05) is 25.7 Å². The number of nitrogens with zero attached hydrogens (tertiary/aromatic N) is 2. The van der Waals surface area contributed by atoms with Crippen molar-refractivity contribution < 1.29 is 33.7 Å². The number of aromatic nitrogens is 1. The van der Waals surface area contributed by atoms with Crippen LogP contribution >= 0.6 is 11.3 Å². The molecule has 190 valence electrons. The fourth-order valence-corrected chi connectivity index (χ4v) is 4.92. The molecule has 0 aliphatic carbocycles. The second-order valence-corrected chi connectivity index (χ2v) is 8.95. The van der Waals surface area contributed by atoms with Crippen molar-refractivity contribution in [2.24, 2.45) is 0 Å². The maximum absolute atomic E-state index is 13.4. The number of hydrogen-bond donors (Lipinski definition) is 1. The van der Waals surface area contributed by atoms with Gasteiger partial charge in [0.05, 0.1) is 31.5 Å². The van der Waals surface area contributed by atoms with Gasteiger partial charge < -0.3 is 19.3 Å². The molecule has 1 amide bonds. The van der Waals surface area contributed by atoms with Crippen LogP contribution in [-0.4, -0.2) is 48.6 Å². The summed E-state index contributed by atoms with van der Waals surface area (Å²) in [4.78, 5) is 45.0. The van der Waals surface area contributed by atoms with Crippen LogP contribution in [0.5, 0.6) is 11.5 Å². The fraction of sp³-hybridized carbons (Fsp3) is 0.185. The SMILES string of the molecule is C=CCOC(=O)c1sc(N2C(=O)C(=O)/C(=C(/O)c3cccc(OC)c3)C2c2ccc(OC)cc2)nc1C. The highest BCUT2D eigenvalue weighted by atomic mass is 32.1. The van der Waals surface area contributed by atoms with Gasteiger partial charge in [0.1, 0.15) is 28.7 Å². The van der Waals surface area contributed by atoms with Crippen LogP contribution in [0, 0.1) is 6.92 Å². The predicted molar refractivity (Wildman–Crippen MR) is 138 cm³/mol. The third-order valence-electron chi connectivity index (χ3n) is 5.73. The topological polar surface area (TPSA) is 115 Å². The van der Waals surface area contributed by atoms with Crippen LogP contribution in [0.15, 0.2) is 66.8 Å². The Morgan fingerprint density at radius 2 is 1.84 bits per heavy atom. The lowest BCUT2D eigenvalue weighted by molar-refractivity contribution is -0.132. The van der Waals surface area contributed by atoms with Gasteiger partial charge in [-0.3, -0.25) is 14.5 Å². The van der Waals surface area contributed by atoms with Gasteiger partial charge >= 0.3 is 11.9 Å². The van der Waals surface area contributed by atoms with E-state index in [9.17, 15) is 19.5 Å². The molecule has 0 radical (unpaired) electrons. The molecule has 1 aromatic heterocycles. The Morgan fingerprint density at radius 3 is 2.49 bits per heavy atom. The number of thiazole rings is 1.